The molecule has 0 unspecified atom stereocenters. The average molecular weight is 463 g/mol. The predicted molar refractivity (Wildman–Crippen MR) is 137 cm³/mol. The number of nitrogens with zero attached hydrogens (tertiary/aromatic N) is 4. The van der Waals surface area contributed by atoms with Crippen molar-refractivity contribution in [3.05, 3.63) is 41.7 Å². The van der Waals surface area contributed by atoms with Crippen LogP contribution < -0.4 is 16.0 Å². The summed E-state index contributed by atoms with van der Waals surface area (Å²) in [6.07, 6.45) is 13.2. The highest BCUT2D eigenvalue weighted by molar-refractivity contribution is 5.96. The fraction of sp³-hybridized carbons (Fsp3) is 0.593. The number of primary amides is 1. The monoisotopic (exact) mass is 462 g/mol. The summed E-state index contributed by atoms with van der Waals surface area (Å²) >= 11 is 0. The Bertz CT molecular complexity index is 979. The summed E-state index contributed by atoms with van der Waals surface area (Å²) in [6.45, 7) is 5.61. The Labute approximate surface area is 203 Å². The molecule has 182 valence electrons. The number of nitrogens with one attached hydrogen (secondary N) is 1. The third-order valence-electron chi connectivity index (χ3n) is 8.11. The molecular formula is C27H38N6O. The summed E-state index contributed by atoms with van der Waals surface area (Å²) in [7, 11) is 0. The van der Waals surface area contributed by atoms with Crippen molar-refractivity contribution in [2.75, 3.05) is 29.9 Å². The van der Waals surface area contributed by atoms with Crippen molar-refractivity contribution in [1.29, 1.82) is 0 Å². The number of anilines is 3. The smallest absolute Gasteiger partial charge is 0.271 e. The van der Waals surface area contributed by atoms with E-state index in [-0.39, 0.29) is 5.69 Å². The van der Waals surface area contributed by atoms with Gasteiger partial charge in [0.25, 0.3) is 5.91 Å². The van der Waals surface area contributed by atoms with E-state index < -0.39 is 5.91 Å². The van der Waals surface area contributed by atoms with Crippen LogP contribution in [0.25, 0.3) is 0 Å². The van der Waals surface area contributed by atoms with E-state index in [1.807, 2.05) is 0 Å². The minimum absolute atomic E-state index is 0.178. The number of piperidine rings is 2. The number of rotatable bonds is 6. The number of amides is 1. The molecule has 3 aliphatic rings. The van der Waals surface area contributed by atoms with Crippen LogP contribution >= 0.6 is 0 Å². The zero-order valence-electron chi connectivity index (χ0n) is 20.4. The highest BCUT2D eigenvalue weighted by Gasteiger charge is 2.28. The van der Waals surface area contributed by atoms with Crippen molar-refractivity contribution in [2.45, 2.75) is 82.7 Å². The van der Waals surface area contributed by atoms with Gasteiger partial charge in [0.1, 0.15) is 5.82 Å². The number of likely N-dealkylation sites (tertiary alicyclic amines) is 1. The van der Waals surface area contributed by atoms with Gasteiger partial charge in [0, 0.05) is 24.3 Å². The van der Waals surface area contributed by atoms with Crippen LogP contribution in [-0.2, 0) is 0 Å². The zero-order valence-corrected chi connectivity index (χ0v) is 20.4. The van der Waals surface area contributed by atoms with Crippen molar-refractivity contribution in [1.82, 2.24) is 14.9 Å². The molecule has 3 N–H and O–H groups in total. The molecule has 1 saturated carbocycles. The summed E-state index contributed by atoms with van der Waals surface area (Å²) in [5.41, 5.74) is 8.07. The first-order valence-electron chi connectivity index (χ1n) is 13.1. The third kappa shape index (κ3) is 5.04. The van der Waals surface area contributed by atoms with Gasteiger partial charge in [-0.3, -0.25) is 4.79 Å². The van der Waals surface area contributed by atoms with Gasteiger partial charge >= 0.3 is 0 Å². The van der Waals surface area contributed by atoms with Crippen LogP contribution in [0.5, 0.6) is 0 Å². The minimum atomic E-state index is -0.570. The number of hydrogen-bond donors (Lipinski definition) is 2. The molecule has 2 aliphatic heterocycles. The first-order valence-corrected chi connectivity index (χ1v) is 13.1. The molecule has 1 aliphatic carbocycles. The summed E-state index contributed by atoms with van der Waals surface area (Å²) in [5, 5.41) is 3.31. The quantitative estimate of drug-likeness (QED) is 0.640. The fourth-order valence-electron chi connectivity index (χ4n) is 6.07. The molecule has 1 aromatic carbocycles. The van der Waals surface area contributed by atoms with Gasteiger partial charge in [-0.2, -0.15) is 0 Å². The van der Waals surface area contributed by atoms with Gasteiger partial charge in [-0.15, -0.1) is 0 Å². The van der Waals surface area contributed by atoms with E-state index in [0.717, 1.165) is 36.9 Å². The number of aromatic nitrogens is 2. The van der Waals surface area contributed by atoms with Gasteiger partial charge in [0.05, 0.1) is 6.20 Å². The Morgan fingerprint density at radius 2 is 1.68 bits per heavy atom. The second kappa shape index (κ2) is 10.3. The molecule has 7 heteroatoms. The molecule has 5 rings (SSSR count). The van der Waals surface area contributed by atoms with Crippen molar-refractivity contribution >= 4 is 23.2 Å². The number of carbonyl (C=O) groups excluding carboxylic acids is 1. The third-order valence-corrected chi connectivity index (χ3v) is 8.11. The van der Waals surface area contributed by atoms with Crippen LogP contribution in [-0.4, -0.2) is 52.5 Å². The van der Waals surface area contributed by atoms with Crippen LogP contribution in [0.4, 0.5) is 17.3 Å². The summed E-state index contributed by atoms with van der Waals surface area (Å²) < 4.78 is 0. The van der Waals surface area contributed by atoms with E-state index in [2.05, 4.69) is 51.3 Å². The molecule has 3 heterocycles. The van der Waals surface area contributed by atoms with E-state index in [4.69, 9.17) is 10.7 Å². The SMILES string of the molecule is C[C@@H]1CCCCN1c1cnc(C(N)=O)c(Nc2ccc(C3CCN(C4CCCC4)CC3)cc2)n1. The van der Waals surface area contributed by atoms with Crippen LogP contribution in [0.15, 0.2) is 30.5 Å². The van der Waals surface area contributed by atoms with Crippen molar-refractivity contribution in [3.8, 4) is 0 Å². The van der Waals surface area contributed by atoms with Gasteiger partial charge in [0.2, 0.25) is 0 Å². The van der Waals surface area contributed by atoms with E-state index in [1.165, 1.54) is 63.6 Å². The van der Waals surface area contributed by atoms with Gasteiger partial charge in [-0.1, -0.05) is 25.0 Å². The largest absolute Gasteiger partial charge is 0.364 e. The molecule has 34 heavy (non-hydrogen) atoms. The molecule has 0 bridgehead atoms. The fourth-order valence-corrected chi connectivity index (χ4v) is 6.07. The van der Waals surface area contributed by atoms with E-state index in [9.17, 15) is 4.79 Å². The van der Waals surface area contributed by atoms with Gasteiger partial charge in [-0.25, -0.2) is 9.97 Å². The van der Waals surface area contributed by atoms with Crippen molar-refractivity contribution in [3.63, 3.8) is 0 Å². The lowest BCUT2D eigenvalue weighted by molar-refractivity contribution is 0.0996. The number of carbonyl (C=O) groups is 1. The van der Waals surface area contributed by atoms with Crippen LogP contribution in [0.2, 0.25) is 0 Å². The molecule has 0 radical (unpaired) electrons. The number of nitrogens with two attached hydrogens (primary N) is 1. The van der Waals surface area contributed by atoms with Crippen molar-refractivity contribution < 1.29 is 4.79 Å². The van der Waals surface area contributed by atoms with E-state index in [1.54, 1.807) is 6.20 Å². The van der Waals surface area contributed by atoms with Gasteiger partial charge < -0.3 is 20.9 Å². The molecule has 2 saturated heterocycles. The minimum Gasteiger partial charge on any atom is -0.364 e. The van der Waals surface area contributed by atoms with Crippen LogP contribution in [0.1, 0.15) is 86.7 Å². The molecule has 1 amide bonds. The topological polar surface area (TPSA) is 87.4 Å². The molecule has 1 atom stereocenters. The highest BCUT2D eigenvalue weighted by Crippen LogP contribution is 2.33. The number of benzene rings is 1. The Kier molecular flexibility index (Phi) is 6.99. The molecule has 7 nitrogen and oxygen atoms in total. The molecule has 3 fully saturated rings. The lowest BCUT2D eigenvalue weighted by Gasteiger charge is -2.36. The normalized spacial score (nSPS) is 22.7. The van der Waals surface area contributed by atoms with Gasteiger partial charge in [-0.05, 0) is 88.6 Å². The average Bonchev–Trinajstić information content (AvgIpc) is 3.40. The molecule has 0 spiro atoms. The predicted octanol–water partition coefficient (Wildman–Crippen LogP) is 4.82. The maximum Gasteiger partial charge on any atom is 0.271 e. The lowest BCUT2D eigenvalue weighted by atomic mass is 9.88. The standard InChI is InChI=1S/C27H38N6O/c1-19-6-4-5-15-33(19)24-18-29-25(26(28)34)27(31-24)30-22-11-9-20(10-12-22)21-13-16-32(17-14-21)23-7-2-3-8-23/h9-12,18-19,21,23H,2-8,13-17H2,1H3,(H2,28,34)(H,30,31)/t19-/m1/s1. The van der Waals surface area contributed by atoms with E-state index in [0.29, 0.717) is 17.8 Å². The second-order valence-electron chi connectivity index (χ2n) is 10.3. The number of hydrogen-bond acceptors (Lipinski definition) is 6. The Morgan fingerprint density at radius 1 is 0.971 bits per heavy atom. The first kappa shape index (κ1) is 23.1. The first-order chi connectivity index (χ1) is 16.6. The lowest BCUT2D eigenvalue weighted by Crippen LogP contribution is -2.39. The zero-order chi connectivity index (χ0) is 23.5. The van der Waals surface area contributed by atoms with E-state index >= 15 is 0 Å². The highest BCUT2D eigenvalue weighted by atomic mass is 16.1. The molecular weight excluding hydrogens is 424 g/mol. The maximum atomic E-state index is 12.0. The van der Waals surface area contributed by atoms with Crippen molar-refractivity contribution in [2.24, 2.45) is 5.73 Å². The second-order valence-corrected chi connectivity index (χ2v) is 10.3. The van der Waals surface area contributed by atoms with Crippen LogP contribution in [0, 0.1) is 0 Å². The molecule has 1 aromatic heterocycles. The Morgan fingerprint density at radius 3 is 2.35 bits per heavy atom. The maximum absolute atomic E-state index is 12.0. The summed E-state index contributed by atoms with van der Waals surface area (Å²) in [6, 6.07) is 9.84. The summed E-state index contributed by atoms with van der Waals surface area (Å²) in [5.74, 6) is 1.28. The Hall–Kier alpha value is -2.67. The Balaban J connectivity index is 1.27. The molecule has 2 aromatic rings. The van der Waals surface area contributed by atoms with Gasteiger partial charge in [0.15, 0.2) is 11.5 Å². The summed E-state index contributed by atoms with van der Waals surface area (Å²) in [4.78, 5) is 26.1. The van der Waals surface area contributed by atoms with Crippen LogP contribution in [0.3, 0.4) is 0 Å².